The van der Waals surface area contributed by atoms with E-state index in [-0.39, 0.29) is 0 Å². The zero-order chi connectivity index (χ0) is 12.3. The van der Waals surface area contributed by atoms with Crippen molar-refractivity contribution < 1.29 is 8.42 Å². The Kier molecular flexibility index (Phi) is 4.41. The molecule has 0 aromatic rings. The third kappa shape index (κ3) is 2.99. The highest BCUT2D eigenvalue weighted by Crippen LogP contribution is 2.23. The molecule has 0 radical (unpaired) electrons. The SMILES string of the molecule is CCC1CCN(S(=O)(=O)N2CCCNCC2)C1. The van der Waals surface area contributed by atoms with Gasteiger partial charge in [-0.25, -0.2) is 0 Å². The highest BCUT2D eigenvalue weighted by molar-refractivity contribution is 7.86. The van der Waals surface area contributed by atoms with Crippen LogP contribution in [-0.4, -0.2) is 56.3 Å². The van der Waals surface area contributed by atoms with Crippen LogP contribution in [0.4, 0.5) is 0 Å². The summed E-state index contributed by atoms with van der Waals surface area (Å²) in [7, 11) is -3.20. The van der Waals surface area contributed by atoms with Gasteiger partial charge in [-0.2, -0.15) is 17.0 Å². The van der Waals surface area contributed by atoms with Gasteiger partial charge in [0.25, 0.3) is 10.2 Å². The van der Waals surface area contributed by atoms with Gasteiger partial charge < -0.3 is 5.32 Å². The van der Waals surface area contributed by atoms with Gasteiger partial charge in [-0.15, -0.1) is 0 Å². The minimum atomic E-state index is -3.20. The van der Waals surface area contributed by atoms with Crippen LogP contribution in [0.2, 0.25) is 0 Å². The molecule has 1 unspecified atom stereocenters. The number of rotatable bonds is 3. The zero-order valence-electron chi connectivity index (χ0n) is 10.6. The van der Waals surface area contributed by atoms with Crippen LogP contribution < -0.4 is 5.32 Å². The maximum atomic E-state index is 12.4. The van der Waals surface area contributed by atoms with Gasteiger partial charge in [0, 0.05) is 32.7 Å². The number of nitrogens with zero attached hydrogens (tertiary/aromatic N) is 2. The minimum Gasteiger partial charge on any atom is -0.315 e. The van der Waals surface area contributed by atoms with Crippen LogP contribution in [-0.2, 0) is 10.2 Å². The monoisotopic (exact) mass is 261 g/mol. The number of hydrogen-bond donors (Lipinski definition) is 1. The van der Waals surface area contributed by atoms with Gasteiger partial charge in [-0.3, -0.25) is 0 Å². The molecule has 0 amide bonds. The lowest BCUT2D eigenvalue weighted by Crippen LogP contribution is -2.44. The van der Waals surface area contributed by atoms with E-state index in [0.717, 1.165) is 32.4 Å². The Hall–Kier alpha value is -0.170. The van der Waals surface area contributed by atoms with Crippen molar-refractivity contribution in [3.63, 3.8) is 0 Å². The van der Waals surface area contributed by atoms with Crippen molar-refractivity contribution in [1.82, 2.24) is 13.9 Å². The second-order valence-electron chi connectivity index (χ2n) is 4.93. The molecule has 0 aromatic heterocycles. The molecule has 2 heterocycles. The average molecular weight is 261 g/mol. The van der Waals surface area contributed by atoms with Gasteiger partial charge >= 0.3 is 0 Å². The van der Waals surface area contributed by atoms with Crippen LogP contribution in [0.1, 0.15) is 26.2 Å². The van der Waals surface area contributed by atoms with Crippen LogP contribution in [0.15, 0.2) is 0 Å². The predicted octanol–water partition coefficient (Wildman–Crippen LogP) is 0.258. The topological polar surface area (TPSA) is 52.7 Å². The van der Waals surface area contributed by atoms with Gasteiger partial charge in [0.1, 0.15) is 0 Å². The molecule has 17 heavy (non-hydrogen) atoms. The fourth-order valence-corrected chi connectivity index (χ4v) is 4.30. The van der Waals surface area contributed by atoms with Crippen molar-refractivity contribution in [2.24, 2.45) is 5.92 Å². The molecule has 1 atom stereocenters. The van der Waals surface area contributed by atoms with E-state index in [9.17, 15) is 8.42 Å². The molecule has 1 N–H and O–H groups in total. The summed E-state index contributed by atoms with van der Waals surface area (Å²) in [6.07, 6.45) is 3.00. The molecule has 2 saturated heterocycles. The van der Waals surface area contributed by atoms with Crippen molar-refractivity contribution in [3.05, 3.63) is 0 Å². The van der Waals surface area contributed by atoms with E-state index in [0.29, 0.717) is 32.1 Å². The summed E-state index contributed by atoms with van der Waals surface area (Å²) in [5.41, 5.74) is 0. The third-order valence-electron chi connectivity index (χ3n) is 3.78. The van der Waals surface area contributed by atoms with Crippen LogP contribution in [0.5, 0.6) is 0 Å². The normalized spacial score (nSPS) is 29.4. The van der Waals surface area contributed by atoms with Gasteiger partial charge in [0.15, 0.2) is 0 Å². The van der Waals surface area contributed by atoms with E-state index in [1.807, 2.05) is 0 Å². The Morgan fingerprint density at radius 3 is 2.71 bits per heavy atom. The van der Waals surface area contributed by atoms with E-state index in [1.54, 1.807) is 8.61 Å². The Morgan fingerprint density at radius 1 is 1.18 bits per heavy atom. The van der Waals surface area contributed by atoms with E-state index >= 15 is 0 Å². The summed E-state index contributed by atoms with van der Waals surface area (Å²) in [6.45, 7) is 6.50. The largest absolute Gasteiger partial charge is 0.315 e. The summed E-state index contributed by atoms with van der Waals surface area (Å²) in [6, 6.07) is 0. The van der Waals surface area contributed by atoms with E-state index in [2.05, 4.69) is 12.2 Å². The number of nitrogens with one attached hydrogen (secondary N) is 1. The fraction of sp³-hybridized carbons (Fsp3) is 1.00. The Morgan fingerprint density at radius 2 is 2.00 bits per heavy atom. The van der Waals surface area contributed by atoms with Gasteiger partial charge in [0.05, 0.1) is 0 Å². The molecule has 0 aliphatic carbocycles. The first-order chi connectivity index (χ1) is 8.14. The second kappa shape index (κ2) is 5.65. The van der Waals surface area contributed by atoms with Crippen molar-refractivity contribution in [2.45, 2.75) is 26.2 Å². The lowest BCUT2D eigenvalue weighted by molar-refractivity contribution is 0.365. The van der Waals surface area contributed by atoms with Crippen molar-refractivity contribution in [1.29, 1.82) is 0 Å². The molecule has 0 bridgehead atoms. The quantitative estimate of drug-likeness (QED) is 0.793. The highest BCUT2D eigenvalue weighted by Gasteiger charge is 2.34. The van der Waals surface area contributed by atoms with Gasteiger partial charge in [-0.05, 0) is 25.3 Å². The highest BCUT2D eigenvalue weighted by atomic mass is 32.2. The fourth-order valence-electron chi connectivity index (χ4n) is 2.55. The molecule has 2 aliphatic heterocycles. The molecule has 100 valence electrons. The van der Waals surface area contributed by atoms with Gasteiger partial charge in [-0.1, -0.05) is 13.3 Å². The molecule has 0 saturated carbocycles. The average Bonchev–Trinajstić information content (AvgIpc) is 2.64. The summed E-state index contributed by atoms with van der Waals surface area (Å²) in [5.74, 6) is 0.551. The summed E-state index contributed by atoms with van der Waals surface area (Å²) < 4.78 is 28.2. The maximum Gasteiger partial charge on any atom is 0.282 e. The zero-order valence-corrected chi connectivity index (χ0v) is 11.4. The van der Waals surface area contributed by atoms with Crippen molar-refractivity contribution in [2.75, 3.05) is 39.3 Å². The summed E-state index contributed by atoms with van der Waals surface area (Å²) in [5, 5.41) is 3.24. The second-order valence-corrected chi connectivity index (χ2v) is 6.86. The van der Waals surface area contributed by atoms with Crippen molar-refractivity contribution >= 4 is 10.2 Å². The smallest absolute Gasteiger partial charge is 0.282 e. The molecule has 2 rings (SSSR count). The molecule has 5 nitrogen and oxygen atoms in total. The van der Waals surface area contributed by atoms with E-state index in [4.69, 9.17) is 0 Å². The first-order valence-electron chi connectivity index (χ1n) is 6.60. The number of hydrogen-bond acceptors (Lipinski definition) is 3. The minimum absolute atomic E-state index is 0.551. The molecular weight excluding hydrogens is 238 g/mol. The standard InChI is InChI=1S/C11H23N3O2S/c1-2-11-4-8-14(10-11)17(15,16)13-7-3-5-12-6-9-13/h11-12H,2-10H2,1H3. The van der Waals surface area contributed by atoms with Crippen LogP contribution in [0, 0.1) is 5.92 Å². The Balaban J connectivity index is 2.02. The Labute approximate surface area is 104 Å². The van der Waals surface area contributed by atoms with E-state index < -0.39 is 10.2 Å². The first-order valence-corrected chi connectivity index (χ1v) is 8.00. The molecule has 0 aromatic carbocycles. The molecule has 2 fully saturated rings. The Bertz CT molecular complexity index is 337. The van der Waals surface area contributed by atoms with Crippen LogP contribution >= 0.6 is 0 Å². The van der Waals surface area contributed by atoms with E-state index in [1.165, 1.54) is 0 Å². The predicted molar refractivity (Wildman–Crippen MR) is 68.0 cm³/mol. The maximum absolute atomic E-state index is 12.4. The molecule has 2 aliphatic rings. The molecular formula is C11H23N3O2S. The molecule has 6 heteroatoms. The summed E-state index contributed by atoms with van der Waals surface area (Å²) >= 11 is 0. The molecule has 0 spiro atoms. The first kappa shape index (κ1) is 13.3. The summed E-state index contributed by atoms with van der Waals surface area (Å²) in [4.78, 5) is 0. The lowest BCUT2D eigenvalue weighted by atomic mass is 10.1. The lowest BCUT2D eigenvalue weighted by Gasteiger charge is -2.25. The third-order valence-corrected chi connectivity index (χ3v) is 5.78. The van der Waals surface area contributed by atoms with Crippen molar-refractivity contribution in [3.8, 4) is 0 Å². The van der Waals surface area contributed by atoms with Crippen LogP contribution in [0.3, 0.4) is 0 Å². The van der Waals surface area contributed by atoms with Crippen LogP contribution in [0.25, 0.3) is 0 Å². The van der Waals surface area contributed by atoms with Gasteiger partial charge in [0.2, 0.25) is 0 Å².